The fourth-order valence-corrected chi connectivity index (χ4v) is 24.2. The molecule has 0 radical (unpaired) electrons. The fraction of sp³-hybridized carbons (Fsp3) is 0.0963. The molecule has 0 atom stereocenters. The molecule has 664 valence electrons. The van der Waals surface area contributed by atoms with Gasteiger partial charge in [-0.3, -0.25) is 0 Å². The van der Waals surface area contributed by atoms with E-state index in [0.717, 1.165) is 79.4 Å². The summed E-state index contributed by atoms with van der Waals surface area (Å²) in [5.41, 5.74) is 46.6. The standard InChI is InChI=1S/C72H60N2.C63H44N2/c1-69(2)61-21-13-9-17-53(61)57-37-33-49(41-65(57)69)73(50-34-38-58-54-18-10-14-22-62(54)70(3,4)66(58)42-50)47-29-25-45(26-30-47)46-27-31-48(32-28-46)74(51-35-39-59-55-19-11-15-23-63(55)71(5,6)67(59)43-51)52-36-40-60-56-20-12-16-24-64(56)72(7,8)68(60)44-52;1-4-22-49(23-5-1)63(50-24-6-2-7-25-50)59-31-15-14-30-57(59)58-43-42-54(44-60(58)63)65(62-33-17-21-48-19-11-13-29-56(48)62)53-40-36-46(37-41-53)45-34-38-52(39-35-45)64(51-26-8-3-9-27-51)61-32-16-20-47-18-10-12-28-55(47)61/h9-44H,1-8H3;1-44H. The van der Waals surface area contributed by atoms with E-state index in [-0.39, 0.29) is 21.7 Å². The van der Waals surface area contributed by atoms with E-state index in [4.69, 9.17) is 0 Å². The molecule has 4 heteroatoms. The highest BCUT2D eigenvalue weighted by Crippen LogP contribution is 2.61. The molecule has 139 heavy (non-hydrogen) atoms. The summed E-state index contributed by atoms with van der Waals surface area (Å²) in [6, 6.07) is 180. The lowest BCUT2D eigenvalue weighted by molar-refractivity contribution is 0.659. The van der Waals surface area contributed by atoms with E-state index in [9.17, 15) is 0 Å². The second-order valence-electron chi connectivity index (χ2n) is 40.2. The molecule has 4 nitrogen and oxygen atoms in total. The van der Waals surface area contributed by atoms with Crippen molar-refractivity contribution in [2.45, 2.75) is 82.5 Å². The van der Waals surface area contributed by atoms with Crippen molar-refractivity contribution in [3.05, 3.63) is 552 Å². The van der Waals surface area contributed by atoms with Gasteiger partial charge >= 0.3 is 0 Å². The first-order valence-corrected chi connectivity index (χ1v) is 48.9. The van der Waals surface area contributed by atoms with Crippen molar-refractivity contribution in [3.63, 3.8) is 0 Å². The number of hydrogen-bond donors (Lipinski definition) is 0. The van der Waals surface area contributed by atoms with E-state index in [2.05, 4.69) is 560 Å². The van der Waals surface area contributed by atoms with Gasteiger partial charge in [-0.05, 0) is 289 Å². The molecular formula is C135H104N4. The Morgan fingerprint density at radius 2 is 0.360 bits per heavy atom. The molecule has 0 N–H and O–H groups in total. The summed E-state index contributed by atoms with van der Waals surface area (Å²) in [5, 5.41) is 4.84. The quantitative estimate of drug-likeness (QED) is 0.0956. The summed E-state index contributed by atoms with van der Waals surface area (Å²) in [7, 11) is 0. The molecule has 0 fully saturated rings. The third-order valence-electron chi connectivity index (χ3n) is 31.2. The number of fused-ring (bicyclic) bond motifs is 17. The monoisotopic (exact) mass is 1780 g/mol. The number of nitrogens with zero attached hydrogens (tertiary/aromatic N) is 4. The molecule has 0 spiro atoms. The average molecular weight is 1780 g/mol. The second kappa shape index (κ2) is 32.8. The van der Waals surface area contributed by atoms with Crippen molar-refractivity contribution in [1.82, 2.24) is 0 Å². The maximum absolute atomic E-state index is 2.47. The normalized spacial score (nSPS) is 14.2. The number of para-hydroxylation sites is 1. The van der Waals surface area contributed by atoms with Crippen LogP contribution in [-0.4, -0.2) is 0 Å². The van der Waals surface area contributed by atoms with Crippen LogP contribution in [0.3, 0.4) is 0 Å². The van der Waals surface area contributed by atoms with E-state index in [1.807, 2.05) is 0 Å². The SMILES string of the molecule is CC1(C)c2ccccc2-c2ccc(N(c3ccc(-c4ccc(N(c5ccc6c(c5)C(C)(C)c5ccccc5-6)c5ccc6c(c5)C(C)(C)c5ccccc5-6)cc4)cc3)c3ccc4c(c3)C(C)(C)c3ccccc3-4)cc21.c1ccc(N(c2ccc(-c3ccc(N(c4ccc5c(c4)C(c4ccccc4)(c4ccccc4)c4ccccc4-5)c4cccc5ccccc45)cc3)cc2)c2cccc3ccccc23)cc1. The molecule has 0 saturated heterocycles. The number of benzene rings is 21. The molecule has 0 unspecified atom stereocenters. The maximum Gasteiger partial charge on any atom is 0.0714 e. The zero-order chi connectivity index (χ0) is 93.6. The molecule has 21 aromatic carbocycles. The molecule has 5 aliphatic rings. The first-order valence-electron chi connectivity index (χ1n) is 48.9. The Kier molecular flexibility index (Phi) is 19.9. The van der Waals surface area contributed by atoms with Gasteiger partial charge in [0.25, 0.3) is 0 Å². The Hall–Kier alpha value is -16.7. The minimum atomic E-state index is -0.505. The van der Waals surface area contributed by atoms with E-state index in [1.165, 1.54) is 155 Å². The van der Waals surface area contributed by atoms with E-state index in [0.29, 0.717) is 0 Å². The lowest BCUT2D eigenvalue weighted by Gasteiger charge is -2.35. The predicted molar refractivity (Wildman–Crippen MR) is 585 cm³/mol. The van der Waals surface area contributed by atoms with Crippen LogP contribution in [0.4, 0.5) is 68.2 Å². The van der Waals surface area contributed by atoms with Crippen molar-refractivity contribution in [1.29, 1.82) is 0 Å². The van der Waals surface area contributed by atoms with Gasteiger partial charge in [0.2, 0.25) is 0 Å². The summed E-state index contributed by atoms with van der Waals surface area (Å²) in [5.74, 6) is 0. The predicted octanol–water partition coefficient (Wildman–Crippen LogP) is 36.5. The number of anilines is 12. The summed E-state index contributed by atoms with van der Waals surface area (Å²) in [6.45, 7) is 19.0. The van der Waals surface area contributed by atoms with Crippen LogP contribution in [0, 0.1) is 0 Å². The highest BCUT2D eigenvalue weighted by atomic mass is 15.2. The number of hydrogen-bond acceptors (Lipinski definition) is 4. The summed E-state index contributed by atoms with van der Waals surface area (Å²) < 4.78 is 0. The van der Waals surface area contributed by atoms with Crippen LogP contribution in [0.15, 0.2) is 485 Å². The molecule has 0 aromatic heterocycles. The Labute approximate surface area is 816 Å². The highest BCUT2D eigenvalue weighted by Gasteiger charge is 2.48. The van der Waals surface area contributed by atoms with Gasteiger partial charge in [-0.2, -0.15) is 0 Å². The van der Waals surface area contributed by atoms with Gasteiger partial charge in [0.15, 0.2) is 0 Å². The Morgan fingerprint density at radius 3 is 0.691 bits per heavy atom. The van der Waals surface area contributed by atoms with E-state index < -0.39 is 5.41 Å². The molecule has 26 rings (SSSR count). The Morgan fingerprint density at radius 1 is 0.144 bits per heavy atom. The van der Waals surface area contributed by atoms with E-state index in [1.54, 1.807) is 0 Å². The Bertz CT molecular complexity index is 7890. The van der Waals surface area contributed by atoms with Crippen molar-refractivity contribution in [3.8, 4) is 77.9 Å². The van der Waals surface area contributed by atoms with Gasteiger partial charge in [0.05, 0.1) is 16.8 Å². The van der Waals surface area contributed by atoms with Gasteiger partial charge in [0.1, 0.15) is 0 Å². The van der Waals surface area contributed by atoms with Gasteiger partial charge in [-0.25, -0.2) is 0 Å². The van der Waals surface area contributed by atoms with Crippen LogP contribution in [0.5, 0.6) is 0 Å². The van der Waals surface area contributed by atoms with Crippen LogP contribution in [0.1, 0.15) is 122 Å². The lowest BCUT2D eigenvalue weighted by Crippen LogP contribution is -2.28. The molecule has 0 bridgehead atoms. The molecule has 0 saturated carbocycles. The van der Waals surface area contributed by atoms with Gasteiger partial charge < -0.3 is 19.6 Å². The van der Waals surface area contributed by atoms with Crippen LogP contribution < -0.4 is 19.6 Å². The lowest BCUT2D eigenvalue weighted by atomic mass is 9.67. The molecule has 0 aliphatic heterocycles. The summed E-state index contributed by atoms with van der Waals surface area (Å²) in [4.78, 5) is 9.74. The van der Waals surface area contributed by atoms with Crippen molar-refractivity contribution >= 4 is 89.8 Å². The van der Waals surface area contributed by atoms with Crippen LogP contribution in [-0.2, 0) is 27.1 Å². The smallest absolute Gasteiger partial charge is 0.0714 e. The summed E-state index contributed by atoms with van der Waals surface area (Å²) >= 11 is 0. The average Bonchev–Trinajstić information content (AvgIpc) is 1.53. The third-order valence-corrected chi connectivity index (χ3v) is 31.2. The maximum atomic E-state index is 2.47. The minimum Gasteiger partial charge on any atom is -0.310 e. The topological polar surface area (TPSA) is 13.0 Å². The zero-order valence-corrected chi connectivity index (χ0v) is 79.5. The third kappa shape index (κ3) is 13.5. The fourth-order valence-electron chi connectivity index (χ4n) is 24.2. The van der Waals surface area contributed by atoms with Gasteiger partial charge in [0, 0.05) is 89.3 Å². The van der Waals surface area contributed by atoms with Crippen LogP contribution >= 0.6 is 0 Å². The molecule has 0 heterocycles. The van der Waals surface area contributed by atoms with Crippen LogP contribution in [0.25, 0.3) is 99.4 Å². The van der Waals surface area contributed by atoms with Crippen molar-refractivity contribution in [2.24, 2.45) is 0 Å². The molecule has 21 aromatic rings. The Balaban J connectivity index is 0.000000148. The van der Waals surface area contributed by atoms with E-state index >= 15 is 0 Å². The molecule has 5 aliphatic carbocycles. The van der Waals surface area contributed by atoms with Crippen molar-refractivity contribution in [2.75, 3.05) is 19.6 Å². The minimum absolute atomic E-state index is 0.118. The van der Waals surface area contributed by atoms with Crippen molar-refractivity contribution < 1.29 is 0 Å². The molecular weight excluding hydrogens is 1680 g/mol. The highest BCUT2D eigenvalue weighted by molar-refractivity contribution is 6.03. The van der Waals surface area contributed by atoms with Crippen LogP contribution in [0.2, 0.25) is 0 Å². The van der Waals surface area contributed by atoms with Gasteiger partial charge in [-0.1, -0.05) is 407 Å². The van der Waals surface area contributed by atoms with Gasteiger partial charge in [-0.15, -0.1) is 0 Å². The largest absolute Gasteiger partial charge is 0.310 e. The first-order chi connectivity index (χ1) is 68.0. The molecule has 0 amide bonds. The zero-order valence-electron chi connectivity index (χ0n) is 79.5. The number of rotatable bonds is 16. The second-order valence-corrected chi connectivity index (χ2v) is 40.2. The summed E-state index contributed by atoms with van der Waals surface area (Å²) in [6.07, 6.45) is 0. The first kappa shape index (κ1) is 84.1.